The van der Waals surface area contributed by atoms with E-state index in [-0.39, 0.29) is 18.4 Å². The van der Waals surface area contributed by atoms with Crippen molar-refractivity contribution in [1.29, 1.82) is 0 Å². The van der Waals surface area contributed by atoms with Crippen molar-refractivity contribution in [1.82, 2.24) is 0 Å². The third-order valence-corrected chi connectivity index (χ3v) is 1.07. The second kappa shape index (κ2) is 7.09. The van der Waals surface area contributed by atoms with E-state index < -0.39 is 0 Å². The van der Waals surface area contributed by atoms with Crippen LogP contribution in [0.25, 0.3) is 0 Å². The Kier molecular flexibility index (Phi) is 6.23. The van der Waals surface area contributed by atoms with Crippen molar-refractivity contribution in [3.63, 3.8) is 0 Å². The molecular formula is C9H12O4. The number of allylic oxidation sites excluding steroid dienone is 2. The Hall–Kier alpha value is -1.58. The molecule has 72 valence electrons. The molecule has 0 bridgehead atoms. The molecule has 4 heteroatoms. The summed E-state index contributed by atoms with van der Waals surface area (Å²) in [5.74, 6) is -0.685. The van der Waals surface area contributed by atoms with E-state index in [2.05, 4.69) is 9.47 Å². The Morgan fingerprint density at radius 3 is 2.54 bits per heavy atom. The SMILES string of the molecule is COC(=O)CC=CC=COC(C)=O. The van der Waals surface area contributed by atoms with Crippen LogP contribution in [0, 0.1) is 0 Å². The van der Waals surface area contributed by atoms with Gasteiger partial charge in [-0.3, -0.25) is 9.59 Å². The van der Waals surface area contributed by atoms with Crippen molar-refractivity contribution in [3.05, 3.63) is 24.5 Å². The van der Waals surface area contributed by atoms with Gasteiger partial charge in [-0.05, 0) is 6.08 Å². The zero-order valence-corrected chi connectivity index (χ0v) is 7.65. The van der Waals surface area contributed by atoms with Gasteiger partial charge in [0.05, 0.1) is 19.8 Å². The minimum Gasteiger partial charge on any atom is -0.469 e. The summed E-state index contributed by atoms with van der Waals surface area (Å²) < 4.78 is 8.88. The van der Waals surface area contributed by atoms with Gasteiger partial charge in [0.15, 0.2) is 0 Å². The van der Waals surface area contributed by atoms with Crippen LogP contribution in [0.15, 0.2) is 24.5 Å². The molecule has 0 aromatic heterocycles. The molecule has 0 spiro atoms. The number of esters is 2. The molecule has 0 radical (unpaired) electrons. The van der Waals surface area contributed by atoms with Gasteiger partial charge in [0.2, 0.25) is 0 Å². The number of carbonyl (C=O) groups is 2. The van der Waals surface area contributed by atoms with Gasteiger partial charge in [-0.2, -0.15) is 0 Å². The average molecular weight is 184 g/mol. The van der Waals surface area contributed by atoms with E-state index in [0.717, 1.165) is 0 Å². The predicted molar refractivity (Wildman–Crippen MR) is 46.7 cm³/mol. The lowest BCUT2D eigenvalue weighted by molar-refractivity contribution is -0.139. The Morgan fingerprint density at radius 1 is 1.31 bits per heavy atom. The largest absolute Gasteiger partial charge is 0.469 e. The second-order valence-corrected chi connectivity index (χ2v) is 2.15. The molecule has 13 heavy (non-hydrogen) atoms. The summed E-state index contributed by atoms with van der Waals surface area (Å²) in [5.41, 5.74) is 0. The zero-order valence-electron chi connectivity index (χ0n) is 7.65. The van der Waals surface area contributed by atoms with E-state index in [1.54, 1.807) is 12.2 Å². The Bertz CT molecular complexity index is 228. The summed E-state index contributed by atoms with van der Waals surface area (Å²) in [7, 11) is 1.32. The topological polar surface area (TPSA) is 52.6 Å². The van der Waals surface area contributed by atoms with Gasteiger partial charge in [0, 0.05) is 6.92 Å². The fraction of sp³-hybridized carbons (Fsp3) is 0.333. The lowest BCUT2D eigenvalue weighted by Gasteiger charge is -1.90. The van der Waals surface area contributed by atoms with Gasteiger partial charge in [-0.1, -0.05) is 12.2 Å². The molecule has 0 fully saturated rings. The highest BCUT2D eigenvalue weighted by molar-refractivity contribution is 5.70. The summed E-state index contributed by atoms with van der Waals surface area (Å²) in [6.45, 7) is 1.31. The normalized spacial score (nSPS) is 10.6. The highest BCUT2D eigenvalue weighted by atomic mass is 16.5. The van der Waals surface area contributed by atoms with E-state index in [9.17, 15) is 9.59 Å². The summed E-state index contributed by atoms with van der Waals surface area (Å²) in [6, 6.07) is 0. The van der Waals surface area contributed by atoms with E-state index in [0.29, 0.717) is 0 Å². The Balaban J connectivity index is 3.57. The first-order valence-corrected chi connectivity index (χ1v) is 3.72. The summed E-state index contributed by atoms with van der Waals surface area (Å²) >= 11 is 0. The molecule has 0 atom stereocenters. The van der Waals surface area contributed by atoms with Crippen molar-refractivity contribution in [2.45, 2.75) is 13.3 Å². The van der Waals surface area contributed by atoms with Crippen LogP contribution < -0.4 is 0 Å². The maximum absolute atomic E-state index is 10.6. The standard InChI is InChI=1S/C9H12O4/c1-8(10)13-7-5-3-4-6-9(11)12-2/h3-5,7H,6H2,1-2H3. The molecule has 0 aromatic carbocycles. The van der Waals surface area contributed by atoms with Gasteiger partial charge in [-0.15, -0.1) is 0 Å². The number of carbonyl (C=O) groups excluding carboxylic acids is 2. The Morgan fingerprint density at radius 2 is 2.00 bits per heavy atom. The predicted octanol–water partition coefficient (Wildman–Crippen LogP) is 1.18. The molecular weight excluding hydrogens is 172 g/mol. The quantitative estimate of drug-likeness (QED) is 0.374. The second-order valence-electron chi connectivity index (χ2n) is 2.15. The molecule has 0 aliphatic rings. The molecule has 0 amide bonds. The molecule has 0 heterocycles. The lowest BCUT2D eigenvalue weighted by Crippen LogP contribution is -1.96. The first kappa shape index (κ1) is 11.4. The van der Waals surface area contributed by atoms with Crippen LogP contribution in [0.5, 0.6) is 0 Å². The van der Waals surface area contributed by atoms with Gasteiger partial charge in [0.1, 0.15) is 0 Å². The van der Waals surface area contributed by atoms with Gasteiger partial charge in [-0.25, -0.2) is 0 Å². The lowest BCUT2D eigenvalue weighted by atomic mass is 10.4. The van der Waals surface area contributed by atoms with Crippen LogP contribution in [0.4, 0.5) is 0 Å². The molecule has 0 N–H and O–H groups in total. The van der Waals surface area contributed by atoms with Crippen molar-refractivity contribution < 1.29 is 19.1 Å². The fourth-order valence-electron chi connectivity index (χ4n) is 0.507. The van der Waals surface area contributed by atoms with Gasteiger partial charge in [0.25, 0.3) is 0 Å². The number of methoxy groups -OCH3 is 1. The minimum atomic E-state index is -0.377. The highest BCUT2D eigenvalue weighted by Crippen LogP contribution is 1.88. The molecule has 0 unspecified atom stereocenters. The molecule has 0 saturated carbocycles. The molecule has 0 aliphatic heterocycles. The van der Waals surface area contributed by atoms with E-state index in [1.807, 2.05) is 0 Å². The third-order valence-electron chi connectivity index (χ3n) is 1.07. The van der Waals surface area contributed by atoms with Gasteiger partial charge >= 0.3 is 11.9 Å². The van der Waals surface area contributed by atoms with E-state index in [4.69, 9.17) is 0 Å². The smallest absolute Gasteiger partial charge is 0.309 e. The first-order valence-electron chi connectivity index (χ1n) is 3.72. The number of hydrogen-bond acceptors (Lipinski definition) is 4. The van der Waals surface area contributed by atoms with Crippen molar-refractivity contribution in [3.8, 4) is 0 Å². The maximum Gasteiger partial charge on any atom is 0.309 e. The molecule has 0 rings (SSSR count). The van der Waals surface area contributed by atoms with Crippen LogP contribution in [-0.4, -0.2) is 19.0 Å². The summed E-state index contributed by atoms with van der Waals surface area (Å²) in [4.78, 5) is 20.8. The summed E-state index contributed by atoms with van der Waals surface area (Å²) in [5, 5.41) is 0. The Labute approximate surface area is 76.8 Å². The van der Waals surface area contributed by atoms with Crippen LogP contribution in [-0.2, 0) is 19.1 Å². The molecule has 4 nitrogen and oxygen atoms in total. The number of hydrogen-bond donors (Lipinski definition) is 0. The highest BCUT2D eigenvalue weighted by Gasteiger charge is 1.91. The maximum atomic E-state index is 10.6. The van der Waals surface area contributed by atoms with E-state index in [1.165, 1.54) is 26.4 Å². The fourth-order valence-corrected chi connectivity index (χ4v) is 0.507. The average Bonchev–Trinajstić information content (AvgIpc) is 2.10. The summed E-state index contributed by atoms with van der Waals surface area (Å²) in [6.07, 6.45) is 6.17. The van der Waals surface area contributed by atoms with Crippen molar-refractivity contribution in [2.24, 2.45) is 0 Å². The first-order chi connectivity index (χ1) is 6.16. The van der Waals surface area contributed by atoms with Crippen LogP contribution in [0.1, 0.15) is 13.3 Å². The molecule has 0 aliphatic carbocycles. The zero-order chi connectivity index (χ0) is 10.1. The van der Waals surface area contributed by atoms with Gasteiger partial charge < -0.3 is 9.47 Å². The third kappa shape index (κ3) is 8.33. The van der Waals surface area contributed by atoms with Crippen molar-refractivity contribution in [2.75, 3.05) is 7.11 Å². The number of rotatable bonds is 4. The number of ether oxygens (including phenoxy) is 2. The monoisotopic (exact) mass is 184 g/mol. The van der Waals surface area contributed by atoms with Crippen molar-refractivity contribution >= 4 is 11.9 Å². The molecule has 0 aromatic rings. The van der Waals surface area contributed by atoms with Crippen LogP contribution in [0.3, 0.4) is 0 Å². The van der Waals surface area contributed by atoms with Crippen LogP contribution in [0.2, 0.25) is 0 Å². The van der Waals surface area contributed by atoms with E-state index >= 15 is 0 Å². The van der Waals surface area contributed by atoms with Crippen LogP contribution >= 0.6 is 0 Å². The molecule has 0 saturated heterocycles. The minimum absolute atomic E-state index is 0.209.